The molecule has 1 fully saturated rings. The SMILES string of the molecule is CN1CCNCC1CNCc1ccc(Br)s1. The molecule has 0 spiro atoms. The van der Waals surface area contributed by atoms with E-state index in [1.807, 2.05) is 0 Å². The van der Waals surface area contributed by atoms with Crippen molar-refractivity contribution >= 4 is 27.3 Å². The lowest BCUT2D eigenvalue weighted by atomic mass is 10.2. The summed E-state index contributed by atoms with van der Waals surface area (Å²) in [5, 5.41) is 6.95. The van der Waals surface area contributed by atoms with Crippen molar-refractivity contribution in [3.63, 3.8) is 0 Å². The predicted octanol–water partition coefficient (Wildman–Crippen LogP) is 1.50. The van der Waals surface area contributed by atoms with Crippen LogP contribution in [0.1, 0.15) is 4.88 Å². The number of thiophene rings is 1. The summed E-state index contributed by atoms with van der Waals surface area (Å²) in [5.41, 5.74) is 0. The molecule has 1 aliphatic rings. The van der Waals surface area contributed by atoms with Gasteiger partial charge >= 0.3 is 0 Å². The number of nitrogens with zero attached hydrogens (tertiary/aromatic N) is 1. The maximum atomic E-state index is 3.52. The van der Waals surface area contributed by atoms with Gasteiger partial charge in [0, 0.05) is 43.6 Å². The number of likely N-dealkylation sites (N-methyl/N-ethyl adjacent to an activating group) is 1. The van der Waals surface area contributed by atoms with Gasteiger partial charge in [0.15, 0.2) is 0 Å². The van der Waals surface area contributed by atoms with E-state index in [4.69, 9.17) is 0 Å². The van der Waals surface area contributed by atoms with Crippen LogP contribution in [0.4, 0.5) is 0 Å². The normalized spacial score (nSPS) is 22.5. The molecule has 1 aliphatic heterocycles. The Hall–Kier alpha value is 0.0600. The van der Waals surface area contributed by atoms with Crippen molar-refractivity contribution in [1.82, 2.24) is 15.5 Å². The number of halogens is 1. The Morgan fingerprint density at radius 1 is 1.62 bits per heavy atom. The Labute approximate surface area is 109 Å². The van der Waals surface area contributed by atoms with Gasteiger partial charge in [-0.3, -0.25) is 4.90 Å². The van der Waals surface area contributed by atoms with Crippen LogP contribution in [-0.4, -0.2) is 44.2 Å². The van der Waals surface area contributed by atoms with Crippen LogP contribution in [0.2, 0.25) is 0 Å². The van der Waals surface area contributed by atoms with Gasteiger partial charge in [-0.25, -0.2) is 0 Å². The zero-order chi connectivity index (χ0) is 11.4. The maximum Gasteiger partial charge on any atom is 0.0701 e. The van der Waals surface area contributed by atoms with Gasteiger partial charge in [0.1, 0.15) is 0 Å². The highest BCUT2D eigenvalue weighted by Gasteiger charge is 2.17. The summed E-state index contributed by atoms with van der Waals surface area (Å²) in [6, 6.07) is 4.90. The molecule has 2 N–H and O–H groups in total. The highest BCUT2D eigenvalue weighted by atomic mass is 79.9. The van der Waals surface area contributed by atoms with Gasteiger partial charge in [-0.1, -0.05) is 0 Å². The third-order valence-electron chi connectivity index (χ3n) is 2.95. The average molecular weight is 304 g/mol. The molecule has 16 heavy (non-hydrogen) atoms. The van der Waals surface area contributed by atoms with E-state index >= 15 is 0 Å². The van der Waals surface area contributed by atoms with Crippen LogP contribution in [0.25, 0.3) is 0 Å². The van der Waals surface area contributed by atoms with Crippen LogP contribution in [0.3, 0.4) is 0 Å². The third-order valence-corrected chi connectivity index (χ3v) is 4.58. The minimum atomic E-state index is 0.622. The number of nitrogens with one attached hydrogen (secondary N) is 2. The molecule has 1 aromatic rings. The number of hydrogen-bond acceptors (Lipinski definition) is 4. The highest BCUT2D eigenvalue weighted by molar-refractivity contribution is 9.11. The fraction of sp³-hybridized carbons (Fsp3) is 0.636. The third kappa shape index (κ3) is 3.53. The Morgan fingerprint density at radius 2 is 2.50 bits per heavy atom. The van der Waals surface area contributed by atoms with Crippen LogP contribution < -0.4 is 10.6 Å². The van der Waals surface area contributed by atoms with Gasteiger partial charge in [-0.15, -0.1) is 11.3 Å². The number of piperazine rings is 1. The lowest BCUT2D eigenvalue weighted by Crippen LogP contribution is -2.53. The van der Waals surface area contributed by atoms with Crippen molar-refractivity contribution in [1.29, 1.82) is 0 Å². The molecule has 5 heteroatoms. The van der Waals surface area contributed by atoms with Crippen molar-refractivity contribution in [2.45, 2.75) is 12.6 Å². The Balaban J connectivity index is 1.71. The van der Waals surface area contributed by atoms with E-state index in [0.29, 0.717) is 6.04 Å². The average Bonchev–Trinajstić information content (AvgIpc) is 2.67. The molecule has 1 aromatic heterocycles. The fourth-order valence-electron chi connectivity index (χ4n) is 1.90. The molecule has 0 bridgehead atoms. The summed E-state index contributed by atoms with van der Waals surface area (Å²) in [4.78, 5) is 3.81. The lowest BCUT2D eigenvalue weighted by molar-refractivity contribution is 0.195. The van der Waals surface area contributed by atoms with E-state index in [0.717, 1.165) is 32.7 Å². The number of hydrogen-bond donors (Lipinski definition) is 2. The second-order valence-electron chi connectivity index (χ2n) is 4.18. The first-order valence-corrected chi connectivity index (χ1v) is 7.22. The maximum absolute atomic E-state index is 3.52. The van der Waals surface area contributed by atoms with Gasteiger partial charge in [0.25, 0.3) is 0 Å². The predicted molar refractivity (Wildman–Crippen MR) is 73.0 cm³/mol. The van der Waals surface area contributed by atoms with Crippen LogP contribution in [-0.2, 0) is 6.54 Å². The van der Waals surface area contributed by atoms with Gasteiger partial charge in [0.2, 0.25) is 0 Å². The minimum absolute atomic E-state index is 0.622. The minimum Gasteiger partial charge on any atom is -0.314 e. The quantitative estimate of drug-likeness (QED) is 0.883. The van der Waals surface area contributed by atoms with E-state index in [-0.39, 0.29) is 0 Å². The molecule has 0 radical (unpaired) electrons. The number of rotatable bonds is 4. The van der Waals surface area contributed by atoms with E-state index in [1.54, 1.807) is 11.3 Å². The van der Waals surface area contributed by atoms with Crippen LogP contribution in [0, 0.1) is 0 Å². The van der Waals surface area contributed by atoms with Crippen molar-refractivity contribution in [3.05, 3.63) is 20.8 Å². The van der Waals surface area contributed by atoms with Crippen molar-refractivity contribution in [2.24, 2.45) is 0 Å². The van der Waals surface area contributed by atoms with Crippen molar-refractivity contribution in [3.8, 4) is 0 Å². The molecule has 90 valence electrons. The van der Waals surface area contributed by atoms with E-state index in [1.165, 1.54) is 8.66 Å². The van der Waals surface area contributed by atoms with Crippen molar-refractivity contribution < 1.29 is 0 Å². The monoisotopic (exact) mass is 303 g/mol. The molecule has 0 amide bonds. The zero-order valence-electron chi connectivity index (χ0n) is 9.50. The molecule has 0 saturated carbocycles. The Morgan fingerprint density at radius 3 is 3.19 bits per heavy atom. The molecule has 1 unspecified atom stereocenters. The summed E-state index contributed by atoms with van der Waals surface area (Å²) in [5.74, 6) is 0. The molecule has 0 aliphatic carbocycles. The van der Waals surface area contributed by atoms with E-state index < -0.39 is 0 Å². The van der Waals surface area contributed by atoms with Gasteiger partial charge in [-0.2, -0.15) is 0 Å². The summed E-state index contributed by atoms with van der Waals surface area (Å²) >= 11 is 5.28. The molecule has 0 aromatic carbocycles. The molecular weight excluding hydrogens is 286 g/mol. The first-order valence-electron chi connectivity index (χ1n) is 5.61. The lowest BCUT2D eigenvalue weighted by Gasteiger charge is -2.33. The van der Waals surface area contributed by atoms with Crippen LogP contribution in [0.15, 0.2) is 15.9 Å². The standard InChI is InChI=1S/C11H18BrN3S/c1-15-5-4-13-6-9(15)7-14-8-10-2-3-11(12)16-10/h2-3,9,13-14H,4-8H2,1H3. The van der Waals surface area contributed by atoms with Crippen molar-refractivity contribution in [2.75, 3.05) is 33.2 Å². The summed E-state index contributed by atoms with van der Waals surface area (Å²) in [7, 11) is 2.20. The van der Waals surface area contributed by atoms with Gasteiger partial charge in [0.05, 0.1) is 3.79 Å². The van der Waals surface area contributed by atoms with Crippen LogP contribution in [0.5, 0.6) is 0 Å². The fourth-order valence-corrected chi connectivity index (χ4v) is 3.35. The molecule has 2 rings (SSSR count). The molecule has 3 nitrogen and oxygen atoms in total. The highest BCUT2D eigenvalue weighted by Crippen LogP contribution is 2.21. The first kappa shape index (κ1) is 12.5. The first-order chi connectivity index (χ1) is 7.75. The molecular formula is C11H18BrN3S. The molecule has 1 atom stereocenters. The van der Waals surface area contributed by atoms with Crippen LogP contribution >= 0.6 is 27.3 Å². The second kappa shape index (κ2) is 6.12. The van der Waals surface area contributed by atoms with E-state index in [2.05, 4.69) is 50.6 Å². The molecule has 1 saturated heterocycles. The smallest absolute Gasteiger partial charge is 0.0701 e. The summed E-state index contributed by atoms with van der Waals surface area (Å²) in [6.45, 7) is 5.39. The second-order valence-corrected chi connectivity index (χ2v) is 6.72. The summed E-state index contributed by atoms with van der Waals surface area (Å²) < 4.78 is 1.21. The Bertz CT molecular complexity index is 329. The summed E-state index contributed by atoms with van der Waals surface area (Å²) in [6.07, 6.45) is 0. The topological polar surface area (TPSA) is 27.3 Å². The largest absolute Gasteiger partial charge is 0.314 e. The Kier molecular flexibility index (Phi) is 4.79. The van der Waals surface area contributed by atoms with Gasteiger partial charge in [-0.05, 0) is 35.1 Å². The van der Waals surface area contributed by atoms with E-state index in [9.17, 15) is 0 Å². The molecule has 2 heterocycles. The van der Waals surface area contributed by atoms with Gasteiger partial charge < -0.3 is 10.6 Å². The zero-order valence-corrected chi connectivity index (χ0v) is 11.9.